The van der Waals surface area contributed by atoms with Crippen LogP contribution in [0.5, 0.6) is 5.75 Å². The minimum absolute atomic E-state index is 0.0210. The zero-order chi connectivity index (χ0) is 15.4. The van der Waals surface area contributed by atoms with Crippen LogP contribution < -0.4 is 4.74 Å². The summed E-state index contributed by atoms with van der Waals surface area (Å²) in [6.07, 6.45) is 0. The normalized spacial score (nSPS) is 10.3. The Labute approximate surface area is 123 Å². The van der Waals surface area contributed by atoms with E-state index in [2.05, 4.69) is 0 Å². The molecule has 0 N–H and O–H groups in total. The first-order chi connectivity index (χ1) is 10.0. The fourth-order valence-corrected chi connectivity index (χ4v) is 1.98. The van der Waals surface area contributed by atoms with E-state index < -0.39 is 11.8 Å². The number of hydrogen-bond donors (Lipinski definition) is 0. The van der Waals surface area contributed by atoms with E-state index in [0.717, 1.165) is 11.1 Å². The lowest BCUT2D eigenvalue weighted by Crippen LogP contribution is -2.07. The summed E-state index contributed by atoms with van der Waals surface area (Å²) < 4.78 is 23.6. The van der Waals surface area contributed by atoms with E-state index >= 15 is 0 Å². The zero-order valence-electron chi connectivity index (χ0n) is 12.3. The molecule has 21 heavy (non-hydrogen) atoms. The lowest BCUT2D eigenvalue weighted by molar-refractivity contribution is 0.0471. The quantitative estimate of drug-likeness (QED) is 0.803. The van der Waals surface area contributed by atoms with Gasteiger partial charge in [-0.2, -0.15) is 0 Å². The van der Waals surface area contributed by atoms with Crippen molar-refractivity contribution in [1.82, 2.24) is 0 Å². The van der Waals surface area contributed by atoms with Crippen molar-refractivity contribution in [1.29, 1.82) is 0 Å². The van der Waals surface area contributed by atoms with Gasteiger partial charge in [0.05, 0.1) is 12.7 Å². The average molecular weight is 288 g/mol. The van der Waals surface area contributed by atoms with Gasteiger partial charge < -0.3 is 9.47 Å². The van der Waals surface area contributed by atoms with Crippen LogP contribution in [0, 0.1) is 19.7 Å². The van der Waals surface area contributed by atoms with E-state index in [1.807, 2.05) is 26.0 Å². The molecule has 0 saturated heterocycles. The van der Waals surface area contributed by atoms with E-state index in [0.29, 0.717) is 11.1 Å². The molecule has 4 heteroatoms. The first-order valence-electron chi connectivity index (χ1n) is 6.58. The third kappa shape index (κ3) is 3.60. The maximum Gasteiger partial charge on any atom is 0.338 e. The van der Waals surface area contributed by atoms with Crippen molar-refractivity contribution < 1.29 is 18.7 Å². The van der Waals surface area contributed by atoms with Crippen molar-refractivity contribution in [3.63, 3.8) is 0 Å². The summed E-state index contributed by atoms with van der Waals surface area (Å²) in [6.45, 7) is 3.78. The highest BCUT2D eigenvalue weighted by Crippen LogP contribution is 2.19. The molecule has 0 radical (unpaired) electrons. The number of aryl methyl sites for hydroxylation is 2. The fraction of sp³-hybridized carbons (Fsp3) is 0.235. The lowest BCUT2D eigenvalue weighted by atomic mass is 10.1. The SMILES string of the molecule is COc1ccc(COC(=O)c2cc(C)ccc2C)cc1F. The number of carbonyl (C=O) groups is 1. The number of esters is 1. The summed E-state index contributed by atoms with van der Waals surface area (Å²) in [4.78, 5) is 12.1. The van der Waals surface area contributed by atoms with Gasteiger partial charge in [0.1, 0.15) is 6.61 Å². The summed E-state index contributed by atoms with van der Waals surface area (Å²) in [7, 11) is 1.40. The van der Waals surface area contributed by atoms with Crippen LogP contribution in [0.15, 0.2) is 36.4 Å². The van der Waals surface area contributed by atoms with Gasteiger partial charge in [-0.25, -0.2) is 9.18 Å². The van der Waals surface area contributed by atoms with Gasteiger partial charge in [0.15, 0.2) is 11.6 Å². The smallest absolute Gasteiger partial charge is 0.338 e. The first-order valence-corrected chi connectivity index (χ1v) is 6.58. The van der Waals surface area contributed by atoms with Gasteiger partial charge >= 0.3 is 5.97 Å². The largest absolute Gasteiger partial charge is 0.494 e. The number of halogens is 1. The van der Waals surface area contributed by atoms with Gasteiger partial charge in [-0.15, -0.1) is 0 Å². The Morgan fingerprint density at radius 2 is 1.90 bits per heavy atom. The van der Waals surface area contributed by atoms with E-state index in [1.165, 1.54) is 19.2 Å². The third-order valence-corrected chi connectivity index (χ3v) is 3.20. The number of carbonyl (C=O) groups excluding carboxylic acids is 1. The molecule has 2 aromatic rings. The number of methoxy groups -OCH3 is 1. The molecule has 0 heterocycles. The number of benzene rings is 2. The monoisotopic (exact) mass is 288 g/mol. The van der Waals surface area contributed by atoms with Crippen LogP contribution in [-0.2, 0) is 11.3 Å². The molecule has 0 aliphatic carbocycles. The predicted molar refractivity (Wildman–Crippen MR) is 78.0 cm³/mol. The second kappa shape index (κ2) is 6.39. The molecule has 3 nitrogen and oxygen atoms in total. The molecule has 0 spiro atoms. The summed E-state index contributed by atoms with van der Waals surface area (Å²) in [5.74, 6) is -0.718. The molecule has 0 aliphatic rings. The van der Waals surface area contributed by atoms with Crippen molar-refractivity contribution in [2.75, 3.05) is 7.11 Å². The summed E-state index contributed by atoms with van der Waals surface area (Å²) in [5.41, 5.74) is 2.95. The summed E-state index contributed by atoms with van der Waals surface area (Å²) >= 11 is 0. The molecule has 0 aromatic heterocycles. The van der Waals surface area contributed by atoms with E-state index in [-0.39, 0.29) is 12.4 Å². The van der Waals surface area contributed by atoms with Crippen molar-refractivity contribution in [3.8, 4) is 5.75 Å². The van der Waals surface area contributed by atoms with Gasteiger partial charge in [0.2, 0.25) is 0 Å². The van der Waals surface area contributed by atoms with Crippen molar-refractivity contribution >= 4 is 5.97 Å². The Balaban J connectivity index is 2.07. The van der Waals surface area contributed by atoms with E-state index in [9.17, 15) is 9.18 Å². The van der Waals surface area contributed by atoms with Gasteiger partial charge in [-0.05, 0) is 43.2 Å². The molecule has 2 aromatic carbocycles. The molecule has 0 bridgehead atoms. The standard InChI is InChI=1S/C17H17FO3/c1-11-4-5-12(2)14(8-11)17(19)21-10-13-6-7-16(20-3)15(18)9-13/h4-9H,10H2,1-3H3. The average Bonchev–Trinajstić information content (AvgIpc) is 2.47. The third-order valence-electron chi connectivity index (χ3n) is 3.20. The first kappa shape index (κ1) is 15.0. The predicted octanol–water partition coefficient (Wildman–Crippen LogP) is 3.81. The maximum atomic E-state index is 13.5. The highest BCUT2D eigenvalue weighted by Gasteiger charge is 2.11. The maximum absolute atomic E-state index is 13.5. The molecular weight excluding hydrogens is 271 g/mol. The van der Waals surface area contributed by atoms with Gasteiger partial charge in [-0.1, -0.05) is 23.8 Å². The molecule has 110 valence electrons. The Morgan fingerprint density at radius 3 is 2.57 bits per heavy atom. The summed E-state index contributed by atoms with van der Waals surface area (Å²) in [6, 6.07) is 10.1. The van der Waals surface area contributed by atoms with Crippen molar-refractivity contribution in [3.05, 3.63) is 64.5 Å². The number of rotatable bonds is 4. The van der Waals surface area contributed by atoms with Gasteiger partial charge in [0, 0.05) is 0 Å². The molecule has 0 fully saturated rings. The van der Waals surface area contributed by atoms with Gasteiger partial charge in [0.25, 0.3) is 0 Å². The molecular formula is C17H17FO3. The number of hydrogen-bond acceptors (Lipinski definition) is 3. The Hall–Kier alpha value is -2.36. The molecule has 0 amide bonds. The van der Waals surface area contributed by atoms with Crippen LogP contribution in [0.4, 0.5) is 4.39 Å². The van der Waals surface area contributed by atoms with E-state index in [4.69, 9.17) is 9.47 Å². The molecule has 2 rings (SSSR count). The fourth-order valence-electron chi connectivity index (χ4n) is 1.98. The van der Waals surface area contributed by atoms with Gasteiger partial charge in [-0.3, -0.25) is 0 Å². The molecule has 0 saturated carbocycles. The molecule has 0 aliphatic heterocycles. The second-order valence-corrected chi connectivity index (χ2v) is 4.86. The van der Waals surface area contributed by atoms with Crippen LogP contribution in [0.2, 0.25) is 0 Å². The zero-order valence-corrected chi connectivity index (χ0v) is 12.3. The van der Waals surface area contributed by atoms with Crippen LogP contribution >= 0.6 is 0 Å². The molecule has 0 unspecified atom stereocenters. The molecule has 0 atom stereocenters. The Kier molecular flexibility index (Phi) is 4.58. The van der Waals surface area contributed by atoms with Crippen LogP contribution in [-0.4, -0.2) is 13.1 Å². The number of ether oxygens (including phenoxy) is 2. The van der Waals surface area contributed by atoms with E-state index in [1.54, 1.807) is 12.1 Å². The Bertz CT molecular complexity index is 665. The highest BCUT2D eigenvalue weighted by molar-refractivity contribution is 5.91. The van der Waals surface area contributed by atoms with Crippen LogP contribution in [0.1, 0.15) is 27.0 Å². The minimum atomic E-state index is -0.474. The van der Waals surface area contributed by atoms with Crippen LogP contribution in [0.3, 0.4) is 0 Å². The van der Waals surface area contributed by atoms with Crippen molar-refractivity contribution in [2.45, 2.75) is 20.5 Å². The lowest BCUT2D eigenvalue weighted by Gasteiger charge is -2.09. The second-order valence-electron chi connectivity index (χ2n) is 4.86. The topological polar surface area (TPSA) is 35.5 Å². The minimum Gasteiger partial charge on any atom is -0.494 e. The van der Waals surface area contributed by atoms with Crippen molar-refractivity contribution in [2.24, 2.45) is 0 Å². The van der Waals surface area contributed by atoms with Crippen LogP contribution in [0.25, 0.3) is 0 Å². The highest BCUT2D eigenvalue weighted by atomic mass is 19.1. The summed E-state index contributed by atoms with van der Waals surface area (Å²) in [5, 5.41) is 0. The Morgan fingerprint density at radius 1 is 1.14 bits per heavy atom.